The van der Waals surface area contributed by atoms with Gasteiger partial charge in [0.15, 0.2) is 21.3 Å². The molecule has 0 saturated heterocycles. The van der Waals surface area contributed by atoms with E-state index in [1.165, 1.54) is 4.52 Å². The molecule has 1 amide bonds. The van der Waals surface area contributed by atoms with Crippen LogP contribution < -0.4 is 11.1 Å². The van der Waals surface area contributed by atoms with E-state index in [1.54, 1.807) is 65.7 Å². The van der Waals surface area contributed by atoms with Crippen LogP contribution in [0.25, 0.3) is 22.4 Å². The van der Waals surface area contributed by atoms with Crippen molar-refractivity contribution in [2.24, 2.45) is 0 Å². The second-order valence-electron chi connectivity index (χ2n) is 8.89. The highest BCUT2D eigenvalue weighted by atomic mass is 35.5. The van der Waals surface area contributed by atoms with Crippen LogP contribution in [0.5, 0.6) is 0 Å². The zero-order valence-electron chi connectivity index (χ0n) is 21.7. The number of hydrogen-bond donors (Lipinski definition) is 3. The number of benzene rings is 1. The fourth-order valence-electron chi connectivity index (χ4n) is 4.03. The first-order chi connectivity index (χ1) is 19.6. The lowest BCUT2D eigenvalue weighted by molar-refractivity contribution is -0.192. The van der Waals surface area contributed by atoms with Gasteiger partial charge in [-0.1, -0.05) is 23.7 Å². The van der Waals surface area contributed by atoms with Crippen molar-refractivity contribution in [3.8, 4) is 11.3 Å². The van der Waals surface area contributed by atoms with E-state index in [9.17, 15) is 26.4 Å². The van der Waals surface area contributed by atoms with Crippen LogP contribution in [-0.2, 0) is 14.6 Å². The number of carboxylic acid groups (broad SMARTS) is 1. The molecule has 220 valence electrons. The number of nitrogens with zero attached hydrogens (tertiary/aromatic N) is 5. The van der Waals surface area contributed by atoms with E-state index in [1.807, 2.05) is 6.92 Å². The number of hydrogen-bond acceptors (Lipinski definition) is 8. The van der Waals surface area contributed by atoms with Crippen molar-refractivity contribution in [2.75, 3.05) is 12.0 Å². The van der Waals surface area contributed by atoms with Crippen molar-refractivity contribution in [2.45, 2.75) is 24.0 Å². The summed E-state index contributed by atoms with van der Waals surface area (Å²) in [5.74, 6) is -3.13. The van der Waals surface area contributed by atoms with Crippen LogP contribution in [0.4, 0.5) is 19.0 Å². The number of amides is 1. The van der Waals surface area contributed by atoms with E-state index in [0.717, 1.165) is 11.8 Å². The summed E-state index contributed by atoms with van der Waals surface area (Å²) in [6.07, 6.45) is 2.54. The van der Waals surface area contributed by atoms with Gasteiger partial charge in [-0.05, 0) is 36.8 Å². The number of carbonyl (C=O) groups is 2. The first-order valence-corrected chi connectivity index (χ1v) is 14.0. The predicted molar refractivity (Wildman–Crippen MR) is 146 cm³/mol. The van der Waals surface area contributed by atoms with E-state index >= 15 is 0 Å². The summed E-state index contributed by atoms with van der Waals surface area (Å²) >= 11 is 6.54. The minimum Gasteiger partial charge on any atom is -0.475 e. The first kappa shape index (κ1) is 30.3. The normalized spacial score (nSPS) is 12.5. The third-order valence-corrected chi connectivity index (χ3v) is 7.37. The molecule has 0 aliphatic rings. The van der Waals surface area contributed by atoms with Gasteiger partial charge in [-0.2, -0.15) is 13.2 Å². The van der Waals surface area contributed by atoms with E-state index in [0.29, 0.717) is 27.4 Å². The van der Waals surface area contributed by atoms with Gasteiger partial charge in [0.2, 0.25) is 0 Å². The number of aliphatic carboxylic acids is 1. The number of halogens is 4. The fourth-order valence-corrected chi connectivity index (χ4v) is 4.92. The van der Waals surface area contributed by atoms with E-state index in [-0.39, 0.29) is 16.3 Å². The number of anilines is 1. The second-order valence-corrected chi connectivity index (χ2v) is 11.3. The standard InChI is InChI=1S/C23H20ClN7O3S.C2HF3O2/c1-13(28-23(32)19-21(25)29-31-9-3-8-27-22(19)31)16-10-17(24)18-11-26-12-30(18)20(16)14-4-6-15(7-5-14)35(2,33)34;3-2(4,5)1(6)7/h3-13H,1-2H3,(H2,25,29)(H,28,32);(H,6,7). The molecule has 5 aromatic rings. The van der Waals surface area contributed by atoms with Gasteiger partial charge in [-0.3, -0.25) is 9.20 Å². The number of sulfone groups is 1. The van der Waals surface area contributed by atoms with Crippen molar-refractivity contribution >= 4 is 50.3 Å². The Morgan fingerprint density at radius 2 is 1.83 bits per heavy atom. The van der Waals surface area contributed by atoms with Crippen molar-refractivity contribution in [1.29, 1.82) is 0 Å². The van der Waals surface area contributed by atoms with Gasteiger partial charge in [0, 0.05) is 24.2 Å². The number of pyridine rings is 1. The number of nitrogens with two attached hydrogens (primary N) is 1. The molecule has 0 radical (unpaired) electrons. The van der Waals surface area contributed by atoms with E-state index < -0.39 is 33.9 Å². The van der Waals surface area contributed by atoms with Gasteiger partial charge in [-0.15, -0.1) is 5.10 Å². The number of rotatable bonds is 5. The van der Waals surface area contributed by atoms with Crippen molar-refractivity contribution in [3.05, 3.63) is 77.5 Å². The summed E-state index contributed by atoms with van der Waals surface area (Å²) in [7, 11) is -3.35. The highest BCUT2D eigenvalue weighted by Crippen LogP contribution is 2.34. The largest absolute Gasteiger partial charge is 0.490 e. The molecule has 4 N–H and O–H groups in total. The summed E-state index contributed by atoms with van der Waals surface area (Å²) < 4.78 is 58.8. The van der Waals surface area contributed by atoms with Gasteiger partial charge < -0.3 is 16.2 Å². The topological polar surface area (TPSA) is 174 Å². The quantitative estimate of drug-likeness (QED) is 0.263. The van der Waals surface area contributed by atoms with Gasteiger partial charge in [-0.25, -0.2) is 27.7 Å². The Bertz CT molecular complexity index is 1920. The molecule has 1 aromatic carbocycles. The van der Waals surface area contributed by atoms with Crippen LogP contribution in [0.2, 0.25) is 5.02 Å². The molecule has 1 unspecified atom stereocenters. The second kappa shape index (κ2) is 11.3. The number of carbonyl (C=O) groups excluding carboxylic acids is 1. The number of nitrogen functional groups attached to an aromatic ring is 1. The van der Waals surface area contributed by atoms with E-state index in [2.05, 4.69) is 20.4 Å². The van der Waals surface area contributed by atoms with Crippen LogP contribution in [0.3, 0.4) is 0 Å². The molecule has 42 heavy (non-hydrogen) atoms. The Balaban J connectivity index is 0.000000517. The Labute approximate surface area is 240 Å². The van der Waals surface area contributed by atoms with Crippen LogP contribution in [-0.4, -0.2) is 61.8 Å². The summed E-state index contributed by atoms with van der Waals surface area (Å²) in [5, 5.41) is 14.7. The van der Waals surface area contributed by atoms with Gasteiger partial charge in [0.1, 0.15) is 5.56 Å². The monoisotopic (exact) mass is 623 g/mol. The van der Waals surface area contributed by atoms with Crippen LogP contribution in [0.15, 0.2) is 66.2 Å². The smallest absolute Gasteiger partial charge is 0.475 e. The Morgan fingerprint density at radius 1 is 1.19 bits per heavy atom. The van der Waals surface area contributed by atoms with Gasteiger partial charge >= 0.3 is 12.1 Å². The molecular weight excluding hydrogens is 603 g/mol. The molecule has 0 aliphatic heterocycles. The fraction of sp³-hybridized carbons (Fsp3) is 0.160. The summed E-state index contributed by atoms with van der Waals surface area (Å²) in [4.78, 5) is 30.8. The number of carboxylic acids is 1. The molecule has 0 fully saturated rings. The zero-order chi connectivity index (χ0) is 31.0. The van der Waals surface area contributed by atoms with Crippen LogP contribution >= 0.6 is 11.6 Å². The maximum atomic E-state index is 13.2. The maximum Gasteiger partial charge on any atom is 0.490 e. The van der Waals surface area contributed by atoms with Crippen LogP contribution in [0, 0.1) is 0 Å². The SMILES string of the molecule is CC(NC(=O)c1c(N)nn2cccnc12)c1cc(Cl)c2cncn2c1-c1ccc(S(C)(=O)=O)cc1.O=C(O)C(F)(F)F. The Hall–Kier alpha value is -4.70. The molecule has 12 nitrogen and oxygen atoms in total. The zero-order valence-corrected chi connectivity index (χ0v) is 23.2. The summed E-state index contributed by atoms with van der Waals surface area (Å²) in [6.45, 7) is 1.82. The Morgan fingerprint density at radius 3 is 2.43 bits per heavy atom. The molecule has 0 bridgehead atoms. The average molecular weight is 624 g/mol. The third kappa shape index (κ3) is 6.13. The lowest BCUT2D eigenvalue weighted by atomic mass is 9.99. The number of fused-ring (bicyclic) bond motifs is 2. The summed E-state index contributed by atoms with van der Waals surface area (Å²) in [6, 6.07) is 9.44. The first-order valence-electron chi connectivity index (χ1n) is 11.7. The average Bonchev–Trinajstić information content (AvgIpc) is 3.52. The minimum atomic E-state index is -5.08. The predicted octanol–water partition coefficient (Wildman–Crippen LogP) is 3.81. The molecule has 0 aliphatic carbocycles. The highest BCUT2D eigenvalue weighted by Gasteiger charge is 2.38. The molecule has 4 aromatic heterocycles. The van der Waals surface area contributed by atoms with Crippen molar-refractivity contribution in [3.63, 3.8) is 0 Å². The Kier molecular flexibility index (Phi) is 8.13. The molecule has 0 saturated carbocycles. The van der Waals surface area contributed by atoms with Gasteiger partial charge in [0.25, 0.3) is 5.91 Å². The molecular formula is C25H21ClF3N7O5S. The highest BCUT2D eigenvalue weighted by molar-refractivity contribution is 7.90. The molecule has 4 heterocycles. The lowest BCUT2D eigenvalue weighted by Gasteiger charge is -2.20. The van der Waals surface area contributed by atoms with Crippen molar-refractivity contribution < 1.29 is 36.3 Å². The van der Waals surface area contributed by atoms with Gasteiger partial charge in [0.05, 0.1) is 39.7 Å². The minimum absolute atomic E-state index is 0.0630. The molecule has 1 atom stereocenters. The number of alkyl halides is 3. The third-order valence-electron chi connectivity index (χ3n) is 5.94. The molecule has 0 spiro atoms. The van der Waals surface area contributed by atoms with Crippen LogP contribution in [0.1, 0.15) is 28.9 Å². The lowest BCUT2D eigenvalue weighted by Crippen LogP contribution is -2.28. The number of imidazole rings is 1. The number of aromatic nitrogens is 5. The molecule has 5 rings (SSSR count). The van der Waals surface area contributed by atoms with E-state index in [4.69, 9.17) is 27.2 Å². The van der Waals surface area contributed by atoms with Crippen molar-refractivity contribution in [1.82, 2.24) is 29.3 Å². The molecule has 17 heteroatoms. The number of nitrogens with one attached hydrogen (secondary N) is 1. The summed E-state index contributed by atoms with van der Waals surface area (Å²) in [5.41, 5.74) is 9.33. The maximum absolute atomic E-state index is 13.2.